The number of amides is 1. The number of hydrogen-bond donors (Lipinski definition) is 2. The topological polar surface area (TPSA) is 65.0 Å². The van der Waals surface area contributed by atoms with E-state index in [-0.39, 0.29) is 11.9 Å². The van der Waals surface area contributed by atoms with Gasteiger partial charge in [-0.1, -0.05) is 0 Å². The maximum Gasteiger partial charge on any atom is 0.239 e. The number of hydrogen-bond acceptors (Lipinski definition) is 5. The van der Waals surface area contributed by atoms with Crippen molar-refractivity contribution in [3.05, 3.63) is 0 Å². The van der Waals surface area contributed by atoms with E-state index in [1.54, 1.807) is 11.9 Å². The number of carbonyl (C=O) groups is 1. The largest absolute Gasteiger partial charge is 0.390 e. The minimum absolute atomic E-state index is 0.0550. The molecule has 0 saturated carbocycles. The van der Waals surface area contributed by atoms with Crippen LogP contribution in [-0.2, 0) is 9.53 Å². The average Bonchev–Trinajstić information content (AvgIpc) is 2.92. The van der Waals surface area contributed by atoms with Crippen molar-refractivity contribution in [2.75, 3.05) is 53.0 Å². The lowest BCUT2D eigenvalue weighted by atomic mass is 10.2. The highest BCUT2D eigenvalue weighted by atomic mass is 16.5. The normalized spacial score (nSPS) is 26.3. The molecule has 6 heteroatoms. The Morgan fingerprint density at radius 2 is 2.26 bits per heavy atom. The van der Waals surface area contributed by atoms with E-state index in [1.165, 1.54) is 0 Å². The lowest BCUT2D eigenvalue weighted by Crippen LogP contribution is -2.48. The first-order chi connectivity index (χ1) is 9.16. The van der Waals surface area contributed by atoms with Gasteiger partial charge in [-0.3, -0.25) is 9.69 Å². The molecule has 6 nitrogen and oxygen atoms in total. The van der Waals surface area contributed by atoms with Gasteiger partial charge in [0.1, 0.15) is 0 Å². The van der Waals surface area contributed by atoms with Crippen molar-refractivity contribution in [2.45, 2.75) is 25.0 Å². The molecule has 2 fully saturated rings. The number of ether oxygens (including phenoxy) is 1. The molecule has 0 spiro atoms. The Hall–Kier alpha value is -0.690. The van der Waals surface area contributed by atoms with E-state index in [0.717, 1.165) is 45.7 Å². The summed E-state index contributed by atoms with van der Waals surface area (Å²) >= 11 is 0. The third-order valence-corrected chi connectivity index (χ3v) is 3.79. The van der Waals surface area contributed by atoms with E-state index < -0.39 is 6.10 Å². The van der Waals surface area contributed by atoms with E-state index in [9.17, 15) is 9.90 Å². The molecule has 0 bridgehead atoms. The van der Waals surface area contributed by atoms with E-state index >= 15 is 0 Å². The third-order valence-electron chi connectivity index (χ3n) is 3.79. The summed E-state index contributed by atoms with van der Waals surface area (Å²) < 4.78 is 5.27. The summed E-state index contributed by atoms with van der Waals surface area (Å²) in [6, 6.07) is -0.0550. The zero-order valence-corrected chi connectivity index (χ0v) is 11.7. The summed E-state index contributed by atoms with van der Waals surface area (Å²) in [5.74, 6) is 0.0959. The van der Waals surface area contributed by atoms with Gasteiger partial charge in [-0.2, -0.15) is 0 Å². The van der Waals surface area contributed by atoms with Crippen molar-refractivity contribution in [3.63, 3.8) is 0 Å². The second-order valence-electron chi connectivity index (χ2n) is 5.43. The second-order valence-corrected chi connectivity index (χ2v) is 5.43. The highest BCUT2D eigenvalue weighted by Crippen LogP contribution is 2.08. The minimum Gasteiger partial charge on any atom is -0.390 e. The molecule has 2 aliphatic heterocycles. The van der Waals surface area contributed by atoms with Crippen molar-refractivity contribution in [3.8, 4) is 0 Å². The third kappa shape index (κ3) is 4.42. The molecule has 19 heavy (non-hydrogen) atoms. The number of rotatable bonds is 5. The van der Waals surface area contributed by atoms with Crippen LogP contribution in [0, 0.1) is 0 Å². The number of morpholine rings is 1. The number of nitrogens with zero attached hydrogens (tertiary/aromatic N) is 2. The van der Waals surface area contributed by atoms with Crippen LogP contribution in [-0.4, -0.2) is 85.9 Å². The van der Waals surface area contributed by atoms with Gasteiger partial charge in [0.05, 0.1) is 25.4 Å². The Morgan fingerprint density at radius 1 is 1.53 bits per heavy atom. The zero-order chi connectivity index (χ0) is 13.7. The smallest absolute Gasteiger partial charge is 0.239 e. The van der Waals surface area contributed by atoms with Crippen LogP contribution in [0.1, 0.15) is 12.8 Å². The average molecular weight is 271 g/mol. The van der Waals surface area contributed by atoms with Gasteiger partial charge in [-0.25, -0.2) is 0 Å². The molecule has 2 aliphatic rings. The molecular weight excluding hydrogens is 246 g/mol. The molecule has 0 aromatic heterocycles. The van der Waals surface area contributed by atoms with Crippen molar-refractivity contribution < 1.29 is 14.6 Å². The standard InChI is InChI=1S/C13H25N3O3/c1-15(13(18)12-3-2-4-14-12)9-11(17)10-16-5-7-19-8-6-16/h11-12,14,17H,2-10H2,1H3/t11-,12-/m1/s1. The summed E-state index contributed by atoms with van der Waals surface area (Å²) in [6.45, 7) is 5.10. The van der Waals surface area contributed by atoms with E-state index in [1.807, 2.05) is 0 Å². The van der Waals surface area contributed by atoms with Gasteiger partial charge in [0.25, 0.3) is 0 Å². The fraction of sp³-hybridized carbons (Fsp3) is 0.923. The van der Waals surface area contributed by atoms with Crippen molar-refractivity contribution in [1.29, 1.82) is 0 Å². The first-order valence-electron chi connectivity index (χ1n) is 7.13. The molecule has 2 rings (SSSR count). The maximum atomic E-state index is 12.1. The van der Waals surface area contributed by atoms with Gasteiger partial charge in [-0.15, -0.1) is 0 Å². The monoisotopic (exact) mass is 271 g/mol. The number of aliphatic hydroxyl groups excluding tert-OH is 1. The van der Waals surface area contributed by atoms with Gasteiger partial charge in [0.15, 0.2) is 0 Å². The van der Waals surface area contributed by atoms with Crippen LogP contribution in [0.4, 0.5) is 0 Å². The first-order valence-corrected chi connectivity index (χ1v) is 7.13. The minimum atomic E-state index is -0.492. The summed E-state index contributed by atoms with van der Waals surface area (Å²) in [6.07, 6.45) is 1.47. The molecular formula is C13H25N3O3. The zero-order valence-electron chi connectivity index (χ0n) is 11.7. The Morgan fingerprint density at radius 3 is 2.89 bits per heavy atom. The number of aliphatic hydroxyl groups is 1. The molecule has 2 saturated heterocycles. The molecule has 2 N–H and O–H groups in total. The van der Waals surface area contributed by atoms with Gasteiger partial charge in [-0.05, 0) is 19.4 Å². The van der Waals surface area contributed by atoms with Crippen molar-refractivity contribution in [1.82, 2.24) is 15.1 Å². The van der Waals surface area contributed by atoms with Gasteiger partial charge in [0, 0.05) is 33.2 Å². The van der Waals surface area contributed by atoms with E-state index in [4.69, 9.17) is 4.74 Å². The van der Waals surface area contributed by atoms with Gasteiger partial charge < -0.3 is 20.1 Å². The molecule has 1 amide bonds. The maximum absolute atomic E-state index is 12.1. The van der Waals surface area contributed by atoms with Gasteiger partial charge >= 0.3 is 0 Å². The van der Waals surface area contributed by atoms with Crippen molar-refractivity contribution >= 4 is 5.91 Å². The molecule has 0 aliphatic carbocycles. The highest BCUT2D eigenvalue weighted by Gasteiger charge is 2.26. The molecule has 2 atom stereocenters. The first kappa shape index (κ1) is 14.7. The number of carbonyl (C=O) groups excluding carboxylic acids is 1. The fourth-order valence-electron chi connectivity index (χ4n) is 2.71. The summed E-state index contributed by atoms with van der Waals surface area (Å²) in [5.41, 5.74) is 0. The summed E-state index contributed by atoms with van der Waals surface area (Å²) in [4.78, 5) is 15.9. The predicted molar refractivity (Wildman–Crippen MR) is 71.9 cm³/mol. The Bertz CT molecular complexity index is 289. The summed E-state index contributed by atoms with van der Waals surface area (Å²) in [7, 11) is 1.77. The molecule has 0 radical (unpaired) electrons. The van der Waals surface area contributed by atoms with Crippen LogP contribution in [0.15, 0.2) is 0 Å². The highest BCUT2D eigenvalue weighted by molar-refractivity contribution is 5.81. The van der Waals surface area contributed by atoms with Crippen LogP contribution in [0.2, 0.25) is 0 Å². The van der Waals surface area contributed by atoms with Crippen LogP contribution in [0.5, 0.6) is 0 Å². The van der Waals surface area contributed by atoms with E-state index in [2.05, 4.69) is 10.2 Å². The van der Waals surface area contributed by atoms with E-state index in [0.29, 0.717) is 13.1 Å². The SMILES string of the molecule is CN(C[C@@H](O)CN1CCOCC1)C(=O)[C@H]1CCCN1. The molecule has 0 aromatic rings. The van der Waals surface area contributed by atoms with Gasteiger partial charge in [0.2, 0.25) is 5.91 Å². The lowest BCUT2D eigenvalue weighted by molar-refractivity contribution is -0.133. The van der Waals surface area contributed by atoms with Crippen LogP contribution in [0.3, 0.4) is 0 Å². The molecule has 110 valence electrons. The van der Waals surface area contributed by atoms with Crippen molar-refractivity contribution in [2.24, 2.45) is 0 Å². The number of β-amino-alcohol motifs (C(OH)–C–C–N with tert-alkyl or cyclic N) is 1. The Labute approximate surface area is 114 Å². The number of nitrogens with one attached hydrogen (secondary N) is 1. The quantitative estimate of drug-likeness (QED) is 0.664. The van der Waals surface area contributed by atoms with Crippen LogP contribution < -0.4 is 5.32 Å². The summed E-state index contributed by atoms with van der Waals surface area (Å²) in [5, 5.41) is 13.3. The molecule has 0 unspecified atom stereocenters. The Kier molecular flexibility index (Phi) is 5.57. The fourth-order valence-corrected chi connectivity index (χ4v) is 2.71. The van der Waals surface area contributed by atoms with Crippen LogP contribution in [0.25, 0.3) is 0 Å². The van der Waals surface area contributed by atoms with Crippen LogP contribution >= 0.6 is 0 Å². The lowest BCUT2D eigenvalue weighted by Gasteiger charge is -2.30. The second kappa shape index (κ2) is 7.19. The molecule has 0 aromatic carbocycles. The predicted octanol–water partition coefficient (Wildman–Crippen LogP) is -1.11. The Balaban J connectivity index is 1.70. The number of likely N-dealkylation sites (N-methyl/N-ethyl adjacent to an activating group) is 1. The molecule has 2 heterocycles.